The van der Waals surface area contributed by atoms with Gasteiger partial charge in [0.2, 0.25) is 0 Å². The van der Waals surface area contributed by atoms with Gasteiger partial charge in [-0.15, -0.1) is 0 Å². The lowest BCUT2D eigenvalue weighted by atomic mass is 9.81. The van der Waals surface area contributed by atoms with E-state index in [-0.39, 0.29) is 5.41 Å². The van der Waals surface area contributed by atoms with Crippen LogP contribution in [-0.4, -0.2) is 41.1 Å². The summed E-state index contributed by atoms with van der Waals surface area (Å²) in [5.74, 6) is 1.74. The quantitative estimate of drug-likeness (QED) is 0.153. The summed E-state index contributed by atoms with van der Waals surface area (Å²) in [6, 6.07) is 41.5. The number of pyridine rings is 2. The van der Waals surface area contributed by atoms with Crippen molar-refractivity contribution in [2.75, 3.05) is 0 Å². The topological polar surface area (TPSA) is 64.5 Å². The number of hydrogen-bond acceptors (Lipinski definition) is 5. The van der Waals surface area contributed by atoms with Crippen molar-refractivity contribution in [3.8, 4) is 67.7 Å². The first-order valence-electron chi connectivity index (χ1n) is 18.4. The average molecular weight is 724 g/mol. The zero-order valence-corrected chi connectivity index (χ0v) is 33.9. The summed E-state index contributed by atoms with van der Waals surface area (Å²) in [5.41, 5.74) is 12.5. The molecule has 262 valence electrons. The smallest absolute Gasteiger partial charge is 0.182 e. The van der Waals surface area contributed by atoms with E-state index in [9.17, 15) is 0 Å². The third-order valence-electron chi connectivity index (χ3n) is 10.5. The second kappa shape index (κ2) is 12.9. The molecule has 8 rings (SSSR count). The predicted molar refractivity (Wildman–Crippen MR) is 226 cm³/mol. The standard InChI is InChI=1S/C46H45N5Si2/c1-46(2)39-18-10-9-17-37(39)38-22-19-33(27-40(38)46)31-14-11-13-30(25-31)32-15-12-16-34(26-32)43-49-44(35-20-24-42(48-28-35)53(6,7)8)51-45(50-43)41-23-21-36(29-47-41)52(3,4)5/h9-29H,1-8H3. The van der Waals surface area contributed by atoms with Gasteiger partial charge < -0.3 is 0 Å². The highest BCUT2D eigenvalue weighted by atomic mass is 28.3. The molecule has 0 atom stereocenters. The first-order valence-corrected chi connectivity index (χ1v) is 25.4. The number of aromatic nitrogens is 5. The Morgan fingerprint density at radius 2 is 1.02 bits per heavy atom. The van der Waals surface area contributed by atoms with E-state index in [4.69, 9.17) is 24.9 Å². The minimum Gasteiger partial charge on any atom is -0.265 e. The zero-order chi connectivity index (χ0) is 37.1. The van der Waals surface area contributed by atoms with E-state index in [1.807, 2.05) is 18.5 Å². The lowest BCUT2D eigenvalue weighted by molar-refractivity contribution is 0.660. The van der Waals surface area contributed by atoms with Gasteiger partial charge in [-0.05, 0) is 86.1 Å². The molecule has 3 aromatic heterocycles. The summed E-state index contributed by atoms with van der Waals surface area (Å²) in [5, 5.41) is 2.45. The van der Waals surface area contributed by atoms with Gasteiger partial charge in [0.15, 0.2) is 17.5 Å². The normalized spacial score (nSPS) is 13.4. The first kappa shape index (κ1) is 34.7. The van der Waals surface area contributed by atoms with Crippen molar-refractivity contribution in [1.29, 1.82) is 0 Å². The number of benzene rings is 4. The lowest BCUT2D eigenvalue weighted by Gasteiger charge is -2.22. The molecule has 0 aliphatic heterocycles. The second-order valence-corrected chi connectivity index (χ2v) is 26.9. The van der Waals surface area contributed by atoms with Crippen molar-refractivity contribution < 1.29 is 0 Å². The molecule has 0 bridgehead atoms. The molecule has 0 radical (unpaired) electrons. The highest BCUT2D eigenvalue weighted by Crippen LogP contribution is 2.49. The van der Waals surface area contributed by atoms with Gasteiger partial charge in [0, 0.05) is 34.3 Å². The van der Waals surface area contributed by atoms with E-state index < -0.39 is 16.1 Å². The van der Waals surface area contributed by atoms with Crippen LogP contribution in [0, 0.1) is 0 Å². The van der Waals surface area contributed by atoms with Crippen molar-refractivity contribution in [3.05, 3.63) is 139 Å². The van der Waals surface area contributed by atoms with Crippen LogP contribution in [-0.2, 0) is 5.41 Å². The molecule has 5 nitrogen and oxygen atoms in total. The van der Waals surface area contributed by atoms with Crippen molar-refractivity contribution in [3.63, 3.8) is 0 Å². The molecule has 4 aromatic carbocycles. The van der Waals surface area contributed by atoms with Crippen LogP contribution < -0.4 is 10.5 Å². The monoisotopic (exact) mass is 723 g/mol. The third-order valence-corrected chi connectivity index (χ3v) is 14.4. The van der Waals surface area contributed by atoms with Crippen LogP contribution in [0.15, 0.2) is 128 Å². The Kier molecular flexibility index (Phi) is 8.47. The van der Waals surface area contributed by atoms with Crippen molar-refractivity contribution in [1.82, 2.24) is 24.9 Å². The van der Waals surface area contributed by atoms with Gasteiger partial charge in [-0.3, -0.25) is 9.97 Å². The van der Waals surface area contributed by atoms with Gasteiger partial charge in [-0.2, -0.15) is 0 Å². The average Bonchev–Trinajstić information content (AvgIpc) is 3.39. The predicted octanol–water partition coefficient (Wildman–Crippen LogP) is 10.4. The van der Waals surface area contributed by atoms with Crippen LogP contribution in [0.5, 0.6) is 0 Å². The molecule has 0 unspecified atom stereocenters. The van der Waals surface area contributed by atoms with Crippen LogP contribution in [0.4, 0.5) is 0 Å². The van der Waals surface area contributed by atoms with Gasteiger partial charge in [-0.25, -0.2) is 15.0 Å². The Bertz CT molecular complexity index is 2420. The molecular formula is C46H45N5Si2. The Morgan fingerprint density at radius 1 is 0.434 bits per heavy atom. The molecule has 0 fully saturated rings. The van der Waals surface area contributed by atoms with E-state index in [2.05, 4.69) is 162 Å². The van der Waals surface area contributed by atoms with Crippen LogP contribution in [0.25, 0.3) is 67.7 Å². The largest absolute Gasteiger partial charge is 0.265 e. The number of hydrogen-bond donors (Lipinski definition) is 0. The fourth-order valence-corrected chi connectivity index (χ4v) is 9.36. The summed E-state index contributed by atoms with van der Waals surface area (Å²) < 4.78 is 0. The van der Waals surface area contributed by atoms with E-state index >= 15 is 0 Å². The molecule has 0 saturated carbocycles. The Hall–Kier alpha value is -5.38. The molecule has 0 N–H and O–H groups in total. The molecule has 3 heterocycles. The van der Waals surface area contributed by atoms with Crippen molar-refractivity contribution >= 4 is 26.7 Å². The van der Waals surface area contributed by atoms with E-state index in [0.717, 1.165) is 33.3 Å². The molecule has 7 aromatic rings. The number of fused-ring (bicyclic) bond motifs is 3. The molecule has 7 heteroatoms. The molecule has 0 spiro atoms. The van der Waals surface area contributed by atoms with Gasteiger partial charge in [-0.1, -0.05) is 132 Å². The molecule has 0 amide bonds. The van der Waals surface area contributed by atoms with Crippen LogP contribution in [0.2, 0.25) is 39.3 Å². The van der Waals surface area contributed by atoms with Crippen molar-refractivity contribution in [2.24, 2.45) is 0 Å². The summed E-state index contributed by atoms with van der Waals surface area (Å²) in [4.78, 5) is 24.7. The summed E-state index contributed by atoms with van der Waals surface area (Å²) >= 11 is 0. The Labute approximate surface area is 315 Å². The zero-order valence-electron chi connectivity index (χ0n) is 31.9. The Morgan fingerprint density at radius 3 is 1.64 bits per heavy atom. The van der Waals surface area contributed by atoms with E-state index in [1.165, 1.54) is 38.6 Å². The lowest BCUT2D eigenvalue weighted by Crippen LogP contribution is -2.39. The minimum absolute atomic E-state index is 0.0472. The van der Waals surface area contributed by atoms with Crippen LogP contribution in [0.3, 0.4) is 0 Å². The Balaban J connectivity index is 1.18. The van der Waals surface area contributed by atoms with E-state index in [1.54, 1.807) is 0 Å². The second-order valence-electron chi connectivity index (χ2n) is 16.8. The molecule has 0 saturated heterocycles. The number of rotatable bonds is 7. The van der Waals surface area contributed by atoms with Gasteiger partial charge in [0.05, 0.1) is 8.07 Å². The SMILES string of the molecule is CC1(C)c2ccccc2-c2ccc(-c3cccc(-c4cccc(-c5nc(-c6ccc([Si](C)(C)C)nc6)nc(-c6ccc([Si](C)(C)C)cn6)n5)c4)c3)cc21. The van der Waals surface area contributed by atoms with Gasteiger partial charge in [0.25, 0.3) is 0 Å². The summed E-state index contributed by atoms with van der Waals surface area (Å²) in [7, 11) is -3.08. The fraction of sp³-hybridized carbons (Fsp3) is 0.196. The maximum absolute atomic E-state index is 5.04. The fourth-order valence-electron chi connectivity index (χ4n) is 7.29. The summed E-state index contributed by atoms with van der Waals surface area (Å²) in [6.07, 6.45) is 3.89. The molecule has 1 aliphatic carbocycles. The first-order chi connectivity index (χ1) is 25.3. The maximum atomic E-state index is 5.04. The third kappa shape index (κ3) is 6.60. The number of nitrogens with zero attached hydrogens (tertiary/aromatic N) is 5. The highest BCUT2D eigenvalue weighted by molar-refractivity contribution is 6.88. The van der Waals surface area contributed by atoms with Crippen LogP contribution in [0.1, 0.15) is 25.0 Å². The van der Waals surface area contributed by atoms with E-state index in [0.29, 0.717) is 17.5 Å². The highest BCUT2D eigenvalue weighted by Gasteiger charge is 2.35. The molecule has 1 aliphatic rings. The van der Waals surface area contributed by atoms with Crippen LogP contribution >= 0.6 is 0 Å². The molecule has 53 heavy (non-hydrogen) atoms. The minimum atomic E-state index is -1.57. The molecular weight excluding hydrogens is 679 g/mol. The maximum Gasteiger partial charge on any atom is 0.182 e. The van der Waals surface area contributed by atoms with Crippen molar-refractivity contribution in [2.45, 2.75) is 58.5 Å². The summed E-state index contributed by atoms with van der Waals surface area (Å²) in [6.45, 7) is 18.6. The van der Waals surface area contributed by atoms with Gasteiger partial charge >= 0.3 is 0 Å². The van der Waals surface area contributed by atoms with Gasteiger partial charge in [0.1, 0.15) is 13.8 Å².